The zero-order valence-electron chi connectivity index (χ0n) is 17.1. The number of hydrogen-bond donors (Lipinski definition) is 3. The van der Waals surface area contributed by atoms with Crippen molar-refractivity contribution in [2.24, 2.45) is 0 Å². The molecule has 9 heteroatoms. The summed E-state index contributed by atoms with van der Waals surface area (Å²) >= 11 is 2.81. The molecule has 3 amide bonds. The molecule has 0 unspecified atom stereocenters. The number of urea groups is 1. The topological polar surface area (TPSA) is 92.3 Å². The minimum absolute atomic E-state index is 0.134. The number of hydrogen-bond acceptors (Lipinski definition) is 6. The van der Waals surface area contributed by atoms with Crippen molar-refractivity contribution in [1.82, 2.24) is 4.98 Å². The van der Waals surface area contributed by atoms with Gasteiger partial charge in [0.25, 0.3) is 0 Å². The number of rotatable bonds is 7. The Kier molecular flexibility index (Phi) is 6.88. The van der Waals surface area contributed by atoms with Crippen molar-refractivity contribution in [3.8, 4) is 5.75 Å². The fraction of sp³-hybridized carbons (Fsp3) is 0.0870. The normalized spacial score (nSPS) is 10.5. The number of carbonyl (C=O) groups excluding carboxylic acids is 2. The number of aromatic nitrogens is 1. The minimum atomic E-state index is -0.315. The second-order valence-electron chi connectivity index (χ2n) is 6.66. The van der Waals surface area contributed by atoms with Crippen LogP contribution in [0.15, 0.2) is 77.7 Å². The van der Waals surface area contributed by atoms with Crippen LogP contribution >= 0.6 is 23.1 Å². The highest BCUT2D eigenvalue weighted by atomic mass is 32.2. The number of ether oxygens (including phenoxy) is 1. The molecule has 7 nitrogen and oxygen atoms in total. The Balaban J connectivity index is 1.26. The highest BCUT2D eigenvalue weighted by molar-refractivity contribution is 8.00. The Labute approximate surface area is 193 Å². The molecule has 0 spiro atoms. The molecule has 4 aromatic rings. The van der Waals surface area contributed by atoms with Crippen LogP contribution in [0.1, 0.15) is 0 Å². The summed E-state index contributed by atoms with van der Waals surface area (Å²) in [6, 6.07) is 21.8. The predicted octanol–water partition coefficient (Wildman–Crippen LogP) is 5.68. The van der Waals surface area contributed by atoms with Gasteiger partial charge in [0, 0.05) is 16.3 Å². The first kappa shape index (κ1) is 21.7. The number of anilines is 3. The fourth-order valence-electron chi connectivity index (χ4n) is 2.84. The molecule has 3 aromatic carbocycles. The van der Waals surface area contributed by atoms with E-state index < -0.39 is 0 Å². The summed E-state index contributed by atoms with van der Waals surface area (Å²) < 4.78 is 6.17. The van der Waals surface area contributed by atoms with E-state index in [2.05, 4.69) is 20.9 Å². The Morgan fingerprint density at radius 2 is 1.66 bits per heavy atom. The van der Waals surface area contributed by atoms with E-state index in [1.807, 2.05) is 60.7 Å². The van der Waals surface area contributed by atoms with Crippen LogP contribution in [-0.4, -0.2) is 29.8 Å². The minimum Gasteiger partial charge on any atom is -0.497 e. The van der Waals surface area contributed by atoms with E-state index in [1.165, 1.54) is 23.1 Å². The average molecular weight is 465 g/mol. The van der Waals surface area contributed by atoms with Crippen LogP contribution in [-0.2, 0) is 4.79 Å². The summed E-state index contributed by atoms with van der Waals surface area (Å²) in [5, 5.41) is 8.95. The molecule has 162 valence electrons. The van der Waals surface area contributed by atoms with Crippen LogP contribution in [0.2, 0.25) is 0 Å². The molecule has 0 aliphatic carbocycles. The first-order valence-electron chi connectivity index (χ1n) is 9.69. The second-order valence-corrected chi connectivity index (χ2v) is 8.74. The van der Waals surface area contributed by atoms with Crippen LogP contribution in [0.25, 0.3) is 10.2 Å². The van der Waals surface area contributed by atoms with Gasteiger partial charge >= 0.3 is 6.03 Å². The Hall–Kier alpha value is -3.56. The van der Waals surface area contributed by atoms with Gasteiger partial charge in [-0.2, -0.15) is 0 Å². The number of thioether (sulfide) groups is 1. The van der Waals surface area contributed by atoms with E-state index in [1.54, 1.807) is 19.2 Å². The number of fused-ring (bicyclic) bond motifs is 1. The lowest BCUT2D eigenvalue weighted by atomic mass is 10.3. The van der Waals surface area contributed by atoms with Gasteiger partial charge in [0.15, 0.2) is 5.13 Å². The number of para-hydroxylation sites is 1. The quantitative estimate of drug-likeness (QED) is 0.306. The van der Waals surface area contributed by atoms with Crippen molar-refractivity contribution in [1.29, 1.82) is 0 Å². The third-order valence-corrected chi connectivity index (χ3v) is 6.30. The first-order chi connectivity index (χ1) is 15.6. The lowest BCUT2D eigenvalue weighted by Gasteiger charge is -2.08. The third kappa shape index (κ3) is 5.77. The number of methoxy groups -OCH3 is 1. The Morgan fingerprint density at radius 3 is 2.38 bits per heavy atom. The molecule has 0 fully saturated rings. The van der Waals surface area contributed by atoms with E-state index in [-0.39, 0.29) is 17.7 Å². The van der Waals surface area contributed by atoms with Crippen LogP contribution in [0, 0.1) is 0 Å². The van der Waals surface area contributed by atoms with Crippen molar-refractivity contribution in [2.45, 2.75) is 4.90 Å². The number of amides is 3. The molecule has 0 radical (unpaired) electrons. The SMILES string of the molecule is COc1ccc2nc(NC(=O)CSc3ccc(NC(=O)Nc4ccccc4)cc3)sc2c1. The van der Waals surface area contributed by atoms with Gasteiger partial charge in [-0.15, -0.1) is 11.8 Å². The molecule has 1 aromatic heterocycles. The molecule has 1 heterocycles. The predicted molar refractivity (Wildman–Crippen MR) is 131 cm³/mol. The monoisotopic (exact) mass is 464 g/mol. The smallest absolute Gasteiger partial charge is 0.323 e. The number of benzene rings is 3. The summed E-state index contributed by atoms with van der Waals surface area (Å²) in [5.41, 5.74) is 2.20. The zero-order chi connectivity index (χ0) is 22.3. The summed E-state index contributed by atoms with van der Waals surface area (Å²) in [5.74, 6) is 0.871. The van der Waals surface area contributed by atoms with Gasteiger partial charge in [0.1, 0.15) is 5.75 Å². The molecule has 3 N–H and O–H groups in total. The molecule has 0 saturated carbocycles. The van der Waals surface area contributed by atoms with Crippen LogP contribution in [0.4, 0.5) is 21.3 Å². The first-order valence-corrected chi connectivity index (χ1v) is 11.5. The van der Waals surface area contributed by atoms with E-state index in [0.29, 0.717) is 10.8 Å². The molecule has 4 rings (SSSR count). The van der Waals surface area contributed by atoms with Gasteiger partial charge in [-0.25, -0.2) is 9.78 Å². The maximum absolute atomic E-state index is 12.3. The van der Waals surface area contributed by atoms with Gasteiger partial charge < -0.3 is 20.7 Å². The lowest BCUT2D eigenvalue weighted by molar-refractivity contribution is -0.113. The van der Waals surface area contributed by atoms with Crippen molar-refractivity contribution in [2.75, 3.05) is 28.8 Å². The van der Waals surface area contributed by atoms with Crippen molar-refractivity contribution in [3.05, 3.63) is 72.8 Å². The Morgan fingerprint density at radius 1 is 0.938 bits per heavy atom. The highest BCUT2D eigenvalue weighted by Gasteiger charge is 2.10. The summed E-state index contributed by atoms with van der Waals surface area (Å²) in [6.45, 7) is 0. The lowest BCUT2D eigenvalue weighted by Crippen LogP contribution is -2.19. The standard InChI is InChI=1S/C23H20N4O3S2/c1-30-17-9-12-19-20(13-17)32-23(26-19)27-21(28)14-31-18-10-7-16(8-11-18)25-22(29)24-15-5-3-2-4-6-15/h2-13H,14H2,1H3,(H2,24,25,29)(H,26,27,28). The van der Waals surface area contributed by atoms with Crippen LogP contribution in [0.3, 0.4) is 0 Å². The van der Waals surface area contributed by atoms with Crippen molar-refractivity contribution in [3.63, 3.8) is 0 Å². The molecule has 0 aliphatic rings. The van der Waals surface area contributed by atoms with Gasteiger partial charge in [0.05, 0.1) is 23.1 Å². The number of thiazole rings is 1. The third-order valence-electron chi connectivity index (χ3n) is 4.36. The van der Waals surface area contributed by atoms with E-state index in [4.69, 9.17) is 4.74 Å². The maximum atomic E-state index is 12.3. The van der Waals surface area contributed by atoms with Crippen LogP contribution in [0.5, 0.6) is 5.75 Å². The molecule has 0 atom stereocenters. The van der Waals surface area contributed by atoms with E-state index >= 15 is 0 Å². The molecule has 0 saturated heterocycles. The van der Waals surface area contributed by atoms with Crippen molar-refractivity contribution < 1.29 is 14.3 Å². The molecular weight excluding hydrogens is 444 g/mol. The fourth-order valence-corrected chi connectivity index (χ4v) is 4.45. The zero-order valence-corrected chi connectivity index (χ0v) is 18.8. The van der Waals surface area contributed by atoms with Gasteiger partial charge in [-0.3, -0.25) is 4.79 Å². The average Bonchev–Trinajstić information content (AvgIpc) is 3.20. The number of carbonyl (C=O) groups is 2. The van der Waals surface area contributed by atoms with Crippen LogP contribution < -0.4 is 20.7 Å². The summed E-state index contributed by atoms with van der Waals surface area (Å²) in [6.07, 6.45) is 0. The number of nitrogens with one attached hydrogen (secondary N) is 3. The summed E-state index contributed by atoms with van der Waals surface area (Å²) in [4.78, 5) is 29.7. The van der Waals surface area contributed by atoms with E-state index in [9.17, 15) is 9.59 Å². The van der Waals surface area contributed by atoms with Gasteiger partial charge in [-0.1, -0.05) is 29.5 Å². The molecule has 0 aliphatic heterocycles. The number of nitrogens with zero attached hydrogens (tertiary/aromatic N) is 1. The van der Waals surface area contributed by atoms with Gasteiger partial charge in [0.2, 0.25) is 5.91 Å². The van der Waals surface area contributed by atoms with Crippen molar-refractivity contribution >= 4 is 61.8 Å². The molecular formula is C23H20N4O3S2. The largest absolute Gasteiger partial charge is 0.497 e. The molecule has 0 bridgehead atoms. The molecule has 32 heavy (non-hydrogen) atoms. The maximum Gasteiger partial charge on any atom is 0.323 e. The second kappa shape index (κ2) is 10.2. The summed E-state index contributed by atoms with van der Waals surface area (Å²) in [7, 11) is 1.62. The highest BCUT2D eigenvalue weighted by Crippen LogP contribution is 2.29. The Bertz CT molecular complexity index is 1230. The van der Waals surface area contributed by atoms with Gasteiger partial charge in [-0.05, 0) is 54.6 Å². The van der Waals surface area contributed by atoms with E-state index in [0.717, 1.165) is 26.5 Å².